The van der Waals surface area contributed by atoms with Crippen LogP contribution in [0, 0.1) is 11.7 Å². The maximum Gasteiger partial charge on any atom is 0.177 e. The second kappa shape index (κ2) is 4.66. The van der Waals surface area contributed by atoms with Crippen molar-refractivity contribution in [3.8, 4) is 0 Å². The molecule has 1 atom stereocenters. The molecule has 0 fully saturated rings. The van der Waals surface area contributed by atoms with Crippen LogP contribution in [0.4, 0.5) is 0 Å². The van der Waals surface area contributed by atoms with Crippen LogP contribution in [0.2, 0.25) is 0 Å². The number of hydrogen-bond acceptors (Lipinski definition) is 1. The van der Waals surface area contributed by atoms with Gasteiger partial charge in [0.15, 0.2) is 4.77 Å². The summed E-state index contributed by atoms with van der Waals surface area (Å²) in [7, 11) is 0. The number of hydrogen-bond donors (Lipinski definition) is 1. The summed E-state index contributed by atoms with van der Waals surface area (Å²) < 4.78 is 2.93. The van der Waals surface area contributed by atoms with Gasteiger partial charge >= 0.3 is 0 Å². The maximum atomic E-state index is 5.27. The summed E-state index contributed by atoms with van der Waals surface area (Å²) >= 11 is 5.27. The Kier molecular flexibility index (Phi) is 3.25. The lowest BCUT2D eigenvalue weighted by atomic mass is 10.1. The third kappa shape index (κ3) is 2.42. The lowest BCUT2D eigenvalue weighted by Gasteiger charge is -2.12. The summed E-state index contributed by atoms with van der Waals surface area (Å²) in [5, 5.41) is 0. The van der Waals surface area contributed by atoms with Crippen LogP contribution >= 0.6 is 12.2 Å². The van der Waals surface area contributed by atoms with E-state index in [0.29, 0.717) is 6.04 Å². The molecule has 3 heteroatoms. The second-order valence-corrected chi connectivity index (χ2v) is 4.57. The Morgan fingerprint density at radius 2 is 2.00 bits per heavy atom. The van der Waals surface area contributed by atoms with Crippen LogP contribution < -0.4 is 0 Å². The molecule has 0 aliphatic heterocycles. The summed E-state index contributed by atoms with van der Waals surface area (Å²) in [5.74, 6) is 0. The molecule has 0 spiro atoms. The molecule has 0 radical (unpaired) electrons. The van der Waals surface area contributed by atoms with Gasteiger partial charge in [-0.05, 0) is 38.0 Å². The number of nitrogens with zero attached hydrogens (tertiary/aromatic N) is 1. The maximum absolute atomic E-state index is 5.27. The number of aryl methyl sites for hydroxylation is 1. The third-order valence-electron chi connectivity index (χ3n) is 2.72. The lowest BCUT2D eigenvalue weighted by molar-refractivity contribution is 0.538. The summed E-state index contributed by atoms with van der Waals surface area (Å²) in [5.41, 5.74) is 2.46. The van der Waals surface area contributed by atoms with Crippen molar-refractivity contribution in [3.63, 3.8) is 0 Å². The Hall–Kier alpha value is -1.35. The quantitative estimate of drug-likeness (QED) is 0.801. The van der Waals surface area contributed by atoms with Gasteiger partial charge in [-0.25, -0.2) is 0 Å². The first kappa shape index (κ1) is 11.1. The Morgan fingerprint density at radius 1 is 1.31 bits per heavy atom. The highest BCUT2D eigenvalue weighted by Gasteiger charge is 2.07. The zero-order valence-corrected chi connectivity index (χ0v) is 10.4. The van der Waals surface area contributed by atoms with Gasteiger partial charge in [-0.3, -0.25) is 0 Å². The summed E-state index contributed by atoms with van der Waals surface area (Å²) in [6, 6.07) is 10.9. The van der Waals surface area contributed by atoms with Crippen LogP contribution in [0.15, 0.2) is 36.5 Å². The SMILES string of the molecule is Cc1cn(C(C)Cc2ccccc2)c(=S)[nH]1. The van der Waals surface area contributed by atoms with Crippen LogP contribution in [0.1, 0.15) is 24.2 Å². The van der Waals surface area contributed by atoms with E-state index in [1.54, 1.807) is 0 Å². The third-order valence-corrected chi connectivity index (χ3v) is 3.03. The fourth-order valence-corrected chi connectivity index (χ4v) is 2.31. The van der Waals surface area contributed by atoms with Gasteiger partial charge in [0.2, 0.25) is 0 Å². The lowest BCUT2D eigenvalue weighted by Crippen LogP contribution is -2.07. The van der Waals surface area contributed by atoms with Crippen molar-refractivity contribution in [2.45, 2.75) is 26.3 Å². The highest BCUT2D eigenvalue weighted by molar-refractivity contribution is 7.71. The molecule has 0 saturated carbocycles. The number of imidazole rings is 1. The average molecular weight is 232 g/mol. The van der Waals surface area contributed by atoms with Gasteiger partial charge in [0.05, 0.1) is 0 Å². The molecule has 2 nitrogen and oxygen atoms in total. The van der Waals surface area contributed by atoms with Crippen molar-refractivity contribution in [2.75, 3.05) is 0 Å². The van der Waals surface area contributed by atoms with Gasteiger partial charge in [0.1, 0.15) is 0 Å². The van der Waals surface area contributed by atoms with Crippen LogP contribution in [-0.2, 0) is 6.42 Å². The topological polar surface area (TPSA) is 20.7 Å². The van der Waals surface area contributed by atoms with Gasteiger partial charge in [-0.1, -0.05) is 30.3 Å². The van der Waals surface area contributed by atoms with Gasteiger partial charge in [0.25, 0.3) is 0 Å². The zero-order valence-electron chi connectivity index (χ0n) is 9.60. The molecule has 2 aromatic rings. The number of rotatable bonds is 3. The molecule has 0 bridgehead atoms. The Labute approximate surface area is 101 Å². The highest BCUT2D eigenvalue weighted by Crippen LogP contribution is 2.14. The first-order valence-corrected chi connectivity index (χ1v) is 5.89. The minimum atomic E-state index is 0.389. The smallest absolute Gasteiger partial charge is 0.177 e. The number of benzene rings is 1. The highest BCUT2D eigenvalue weighted by atomic mass is 32.1. The number of H-pyrrole nitrogens is 1. The van der Waals surface area contributed by atoms with Crippen molar-refractivity contribution in [3.05, 3.63) is 52.6 Å². The molecule has 1 unspecified atom stereocenters. The zero-order chi connectivity index (χ0) is 11.5. The average Bonchev–Trinajstić information content (AvgIpc) is 2.59. The molecule has 0 amide bonds. The van der Waals surface area contributed by atoms with Crippen LogP contribution in [0.5, 0.6) is 0 Å². The van der Waals surface area contributed by atoms with Crippen LogP contribution in [0.3, 0.4) is 0 Å². The monoisotopic (exact) mass is 232 g/mol. The van der Waals surface area contributed by atoms with Crippen molar-refractivity contribution >= 4 is 12.2 Å². The molecule has 0 aliphatic carbocycles. The van der Waals surface area contributed by atoms with Gasteiger partial charge in [0, 0.05) is 17.9 Å². The Balaban J connectivity index is 2.18. The summed E-state index contributed by atoms with van der Waals surface area (Å²) in [4.78, 5) is 3.15. The molecular formula is C13H16N2S. The van der Waals surface area contributed by atoms with Gasteiger partial charge < -0.3 is 9.55 Å². The molecule has 0 aliphatic rings. The number of aromatic amines is 1. The van der Waals surface area contributed by atoms with Crippen LogP contribution in [-0.4, -0.2) is 9.55 Å². The van der Waals surface area contributed by atoms with E-state index in [2.05, 4.69) is 46.9 Å². The van der Waals surface area contributed by atoms with E-state index < -0.39 is 0 Å². The Bertz CT molecular complexity index is 510. The van der Waals surface area contributed by atoms with E-state index in [1.165, 1.54) is 5.56 Å². The largest absolute Gasteiger partial charge is 0.335 e. The first-order chi connectivity index (χ1) is 7.66. The molecule has 1 heterocycles. The number of nitrogens with one attached hydrogen (secondary N) is 1. The number of aromatic nitrogens is 2. The van der Waals surface area contributed by atoms with Gasteiger partial charge in [-0.15, -0.1) is 0 Å². The Morgan fingerprint density at radius 3 is 2.56 bits per heavy atom. The van der Waals surface area contributed by atoms with E-state index >= 15 is 0 Å². The summed E-state index contributed by atoms with van der Waals surface area (Å²) in [6.45, 7) is 4.22. The van der Waals surface area contributed by atoms with E-state index in [9.17, 15) is 0 Å². The molecule has 0 saturated heterocycles. The second-order valence-electron chi connectivity index (χ2n) is 4.19. The fraction of sp³-hybridized carbons (Fsp3) is 0.308. The van der Waals surface area contributed by atoms with E-state index in [0.717, 1.165) is 16.9 Å². The molecular weight excluding hydrogens is 216 g/mol. The van der Waals surface area contributed by atoms with Crippen molar-refractivity contribution in [1.82, 2.24) is 9.55 Å². The van der Waals surface area contributed by atoms with E-state index in [1.807, 2.05) is 13.0 Å². The first-order valence-electron chi connectivity index (χ1n) is 5.48. The minimum absolute atomic E-state index is 0.389. The minimum Gasteiger partial charge on any atom is -0.335 e. The van der Waals surface area contributed by atoms with E-state index in [4.69, 9.17) is 12.2 Å². The molecule has 84 valence electrons. The molecule has 1 aromatic carbocycles. The fourth-order valence-electron chi connectivity index (χ4n) is 1.91. The molecule has 2 rings (SSSR count). The molecule has 16 heavy (non-hydrogen) atoms. The predicted molar refractivity (Wildman–Crippen MR) is 69.2 cm³/mol. The molecule has 1 N–H and O–H groups in total. The normalized spacial score (nSPS) is 12.6. The standard InChI is InChI=1S/C13H16N2S/c1-10-9-15(13(16)14-10)11(2)8-12-6-4-3-5-7-12/h3-7,9,11H,8H2,1-2H3,(H,14,16). The summed E-state index contributed by atoms with van der Waals surface area (Å²) in [6.07, 6.45) is 3.09. The van der Waals surface area contributed by atoms with E-state index in [-0.39, 0.29) is 0 Å². The van der Waals surface area contributed by atoms with Crippen LogP contribution in [0.25, 0.3) is 0 Å². The predicted octanol–water partition coefficient (Wildman–Crippen LogP) is 3.66. The van der Waals surface area contributed by atoms with Crippen molar-refractivity contribution in [1.29, 1.82) is 0 Å². The van der Waals surface area contributed by atoms with Crippen molar-refractivity contribution in [2.24, 2.45) is 0 Å². The molecule has 1 aromatic heterocycles. The van der Waals surface area contributed by atoms with Gasteiger partial charge in [-0.2, -0.15) is 0 Å². The van der Waals surface area contributed by atoms with Crippen molar-refractivity contribution < 1.29 is 0 Å².